The fourth-order valence-corrected chi connectivity index (χ4v) is 2.19. The molecule has 0 saturated carbocycles. The molecule has 0 aliphatic rings. The van der Waals surface area contributed by atoms with Gasteiger partial charge in [-0.25, -0.2) is 0 Å². The van der Waals surface area contributed by atoms with Crippen LogP contribution in [-0.4, -0.2) is 12.1 Å². The van der Waals surface area contributed by atoms with E-state index in [4.69, 9.17) is 13.6 Å². The molecule has 0 bridgehead atoms. The molecule has 0 aliphatic carbocycles. The molecule has 0 saturated heterocycles. The number of rotatable bonds is 4. The van der Waals surface area contributed by atoms with Crippen LogP contribution in [0.5, 0.6) is 5.75 Å². The summed E-state index contributed by atoms with van der Waals surface area (Å²) in [5.74, 6) is -1.33. The zero-order valence-corrected chi connectivity index (χ0v) is 12.5. The third-order valence-corrected chi connectivity index (χ3v) is 3.38. The van der Waals surface area contributed by atoms with Crippen molar-refractivity contribution in [3.8, 4) is 17.3 Å². The number of hydrogen-bond donors (Lipinski definition) is 0. The van der Waals surface area contributed by atoms with Crippen molar-refractivity contribution >= 4 is 16.9 Å². The Hall–Kier alpha value is -3.02. The van der Waals surface area contributed by atoms with Crippen molar-refractivity contribution in [1.29, 1.82) is 0 Å². The SMILES string of the molecule is Cc1ccc2c(=O)c(O[C@H](C)C(=O)[O-])c(-c3ccco3)oc2c1. The van der Waals surface area contributed by atoms with Crippen molar-refractivity contribution in [1.82, 2.24) is 0 Å². The second kappa shape index (κ2) is 5.64. The molecule has 3 aromatic rings. The molecule has 0 fully saturated rings. The lowest BCUT2D eigenvalue weighted by Gasteiger charge is -2.16. The van der Waals surface area contributed by atoms with Gasteiger partial charge < -0.3 is 23.5 Å². The lowest BCUT2D eigenvalue weighted by molar-refractivity contribution is -0.312. The first-order valence-electron chi connectivity index (χ1n) is 6.96. The monoisotopic (exact) mass is 313 g/mol. The highest BCUT2D eigenvalue weighted by Crippen LogP contribution is 2.31. The van der Waals surface area contributed by atoms with Gasteiger partial charge in [-0.2, -0.15) is 0 Å². The summed E-state index contributed by atoms with van der Waals surface area (Å²) in [5.41, 5.74) is 0.823. The summed E-state index contributed by atoms with van der Waals surface area (Å²) in [6.07, 6.45) is 0.108. The first kappa shape index (κ1) is 14.9. The molecule has 2 heterocycles. The predicted molar refractivity (Wildman–Crippen MR) is 80.0 cm³/mol. The van der Waals surface area contributed by atoms with Crippen LogP contribution in [0.4, 0.5) is 0 Å². The molecule has 2 aromatic heterocycles. The fourth-order valence-electron chi connectivity index (χ4n) is 2.19. The van der Waals surface area contributed by atoms with E-state index in [1.54, 1.807) is 30.3 Å². The van der Waals surface area contributed by atoms with E-state index in [2.05, 4.69) is 0 Å². The van der Waals surface area contributed by atoms with E-state index >= 15 is 0 Å². The Balaban J connectivity index is 2.28. The molecular weight excluding hydrogens is 300 g/mol. The number of carboxylic acid groups (broad SMARTS) is 1. The van der Waals surface area contributed by atoms with Crippen molar-refractivity contribution < 1.29 is 23.5 Å². The Morgan fingerprint density at radius 1 is 1.30 bits per heavy atom. The molecule has 0 N–H and O–H groups in total. The molecule has 118 valence electrons. The number of fused-ring (bicyclic) bond motifs is 1. The number of benzene rings is 1. The molecule has 1 aromatic carbocycles. The van der Waals surface area contributed by atoms with Crippen molar-refractivity contribution in [2.24, 2.45) is 0 Å². The molecule has 1 atom stereocenters. The van der Waals surface area contributed by atoms with Crippen LogP contribution in [0.25, 0.3) is 22.5 Å². The standard InChI is InChI=1S/C17H14O6/c1-9-5-6-11-13(8-9)23-15(12-4-3-7-21-12)16(14(11)18)22-10(2)17(19)20/h3-8,10H,1-2H3,(H,19,20)/p-1/t10-/m1/s1. The summed E-state index contributed by atoms with van der Waals surface area (Å²) in [7, 11) is 0. The van der Waals surface area contributed by atoms with Gasteiger partial charge in [0, 0.05) is 0 Å². The third kappa shape index (κ3) is 2.70. The number of carbonyl (C=O) groups excluding carboxylic acids is 1. The van der Waals surface area contributed by atoms with Crippen LogP contribution in [0.15, 0.2) is 50.2 Å². The van der Waals surface area contributed by atoms with Gasteiger partial charge in [0.25, 0.3) is 0 Å². The van der Waals surface area contributed by atoms with E-state index < -0.39 is 17.5 Å². The summed E-state index contributed by atoms with van der Waals surface area (Å²) in [6.45, 7) is 3.15. The van der Waals surface area contributed by atoms with Crippen molar-refractivity contribution in [3.63, 3.8) is 0 Å². The largest absolute Gasteiger partial charge is 0.546 e. The Kier molecular flexibility index (Phi) is 3.65. The van der Waals surface area contributed by atoms with Crippen molar-refractivity contribution in [3.05, 3.63) is 52.4 Å². The number of aryl methyl sites for hydroxylation is 1. The Morgan fingerprint density at radius 2 is 2.09 bits per heavy atom. The second-order valence-corrected chi connectivity index (χ2v) is 5.15. The van der Waals surface area contributed by atoms with E-state index in [-0.39, 0.29) is 17.3 Å². The molecule has 3 rings (SSSR count). The van der Waals surface area contributed by atoms with Gasteiger partial charge in [-0.1, -0.05) is 6.07 Å². The van der Waals surface area contributed by atoms with Crippen LogP contribution in [0.3, 0.4) is 0 Å². The van der Waals surface area contributed by atoms with Gasteiger partial charge in [0.1, 0.15) is 11.7 Å². The Morgan fingerprint density at radius 3 is 2.74 bits per heavy atom. The van der Waals surface area contributed by atoms with Gasteiger partial charge >= 0.3 is 0 Å². The highest BCUT2D eigenvalue weighted by molar-refractivity contribution is 5.82. The maximum absolute atomic E-state index is 12.7. The van der Waals surface area contributed by atoms with Crippen LogP contribution in [-0.2, 0) is 4.79 Å². The van der Waals surface area contributed by atoms with Gasteiger partial charge in [-0.15, -0.1) is 0 Å². The minimum absolute atomic E-state index is 0.0474. The van der Waals surface area contributed by atoms with Gasteiger partial charge in [0.2, 0.25) is 16.9 Å². The average molecular weight is 313 g/mol. The number of hydrogen-bond acceptors (Lipinski definition) is 6. The van der Waals surface area contributed by atoms with Crippen molar-refractivity contribution in [2.75, 3.05) is 0 Å². The minimum atomic E-state index is -1.43. The highest BCUT2D eigenvalue weighted by atomic mass is 16.5. The van der Waals surface area contributed by atoms with E-state index in [0.717, 1.165) is 5.56 Å². The molecule has 0 spiro atoms. The average Bonchev–Trinajstić information content (AvgIpc) is 3.03. The first-order valence-corrected chi connectivity index (χ1v) is 6.96. The van der Waals surface area contributed by atoms with Crippen LogP contribution in [0.1, 0.15) is 12.5 Å². The zero-order chi connectivity index (χ0) is 16.6. The summed E-state index contributed by atoms with van der Waals surface area (Å²) in [6, 6.07) is 8.31. The van der Waals surface area contributed by atoms with Crippen LogP contribution in [0, 0.1) is 6.92 Å². The molecule has 6 nitrogen and oxygen atoms in total. The quantitative estimate of drug-likeness (QED) is 0.730. The molecule has 0 unspecified atom stereocenters. The molecule has 0 radical (unpaired) electrons. The van der Waals surface area contributed by atoms with Gasteiger partial charge in [-0.3, -0.25) is 4.79 Å². The zero-order valence-electron chi connectivity index (χ0n) is 12.5. The van der Waals surface area contributed by atoms with E-state index in [9.17, 15) is 14.7 Å². The van der Waals surface area contributed by atoms with Crippen LogP contribution >= 0.6 is 0 Å². The highest BCUT2D eigenvalue weighted by Gasteiger charge is 2.21. The number of ether oxygens (including phenoxy) is 1. The van der Waals surface area contributed by atoms with Crippen molar-refractivity contribution in [2.45, 2.75) is 20.0 Å². The summed E-state index contributed by atoms with van der Waals surface area (Å²) >= 11 is 0. The second-order valence-electron chi connectivity index (χ2n) is 5.15. The minimum Gasteiger partial charge on any atom is -0.546 e. The molecule has 0 aliphatic heterocycles. The topological polar surface area (TPSA) is 92.7 Å². The Bertz CT molecular complexity index is 920. The molecule has 6 heteroatoms. The molecular formula is C17H13O6-. The maximum Gasteiger partial charge on any atom is 0.235 e. The molecule has 23 heavy (non-hydrogen) atoms. The fraction of sp³-hybridized carbons (Fsp3) is 0.176. The smallest absolute Gasteiger partial charge is 0.235 e. The number of carboxylic acids is 1. The Labute approximate surface area is 130 Å². The van der Waals surface area contributed by atoms with Gasteiger partial charge in [0.05, 0.1) is 17.6 Å². The van der Waals surface area contributed by atoms with E-state index in [1.165, 1.54) is 13.2 Å². The summed E-state index contributed by atoms with van der Waals surface area (Å²) in [4.78, 5) is 23.6. The third-order valence-electron chi connectivity index (χ3n) is 3.38. The summed E-state index contributed by atoms with van der Waals surface area (Å²) in [5, 5.41) is 11.2. The lowest BCUT2D eigenvalue weighted by Crippen LogP contribution is -2.38. The van der Waals surface area contributed by atoms with Crippen LogP contribution in [0.2, 0.25) is 0 Å². The number of furan rings is 1. The first-order chi connectivity index (χ1) is 11.0. The predicted octanol–water partition coefficient (Wildman–Crippen LogP) is 1.88. The van der Waals surface area contributed by atoms with Crippen LogP contribution < -0.4 is 15.3 Å². The number of aliphatic carboxylic acids is 1. The number of carbonyl (C=O) groups is 1. The van der Waals surface area contributed by atoms with Gasteiger partial charge in [-0.05, 0) is 43.7 Å². The summed E-state index contributed by atoms with van der Waals surface area (Å²) < 4.78 is 16.3. The maximum atomic E-state index is 12.7. The van der Waals surface area contributed by atoms with Gasteiger partial charge in [0.15, 0.2) is 5.76 Å². The molecule has 0 amide bonds. The van der Waals surface area contributed by atoms with E-state index in [1.807, 2.05) is 6.92 Å². The lowest BCUT2D eigenvalue weighted by atomic mass is 10.1. The normalized spacial score (nSPS) is 12.3. The van der Waals surface area contributed by atoms with E-state index in [0.29, 0.717) is 11.0 Å².